The fourth-order valence-electron chi connectivity index (χ4n) is 3.56. The molecule has 8 nitrogen and oxygen atoms in total. The summed E-state index contributed by atoms with van der Waals surface area (Å²) in [5, 5.41) is 27.9. The van der Waals surface area contributed by atoms with Crippen LogP contribution in [0, 0.1) is 29.6 Å². The van der Waals surface area contributed by atoms with Crippen LogP contribution in [0.1, 0.15) is 24.0 Å². The molecule has 0 aliphatic heterocycles. The Morgan fingerprint density at radius 3 is 2.90 bits per heavy atom. The minimum Gasteiger partial charge on any atom is -0.465 e. The first-order valence-corrected chi connectivity index (χ1v) is 9.15. The van der Waals surface area contributed by atoms with Crippen LogP contribution in [0.5, 0.6) is 0 Å². The zero-order valence-electron chi connectivity index (χ0n) is 15.5. The Labute approximate surface area is 167 Å². The molecule has 0 bridgehead atoms. The highest BCUT2D eigenvalue weighted by Crippen LogP contribution is 2.32. The highest BCUT2D eigenvalue weighted by molar-refractivity contribution is 5.70. The van der Waals surface area contributed by atoms with Crippen LogP contribution < -0.4 is 10.6 Å². The second-order valence-corrected chi connectivity index (χ2v) is 7.04. The maximum absolute atomic E-state index is 10.6. The van der Waals surface area contributed by atoms with E-state index in [0.29, 0.717) is 29.3 Å². The number of rotatable bonds is 5. The number of nitriles is 1. The molecule has 3 aromatic heterocycles. The fourth-order valence-corrected chi connectivity index (χ4v) is 3.56. The molecule has 3 aromatic rings. The minimum atomic E-state index is -0.996. The lowest BCUT2D eigenvalue weighted by Crippen LogP contribution is -2.41. The number of nitrogens with one attached hydrogen (secondary N) is 2. The number of terminal acetylenes is 1. The fraction of sp³-hybridized carbons (Fsp3) is 0.238. The second-order valence-electron chi connectivity index (χ2n) is 7.04. The van der Waals surface area contributed by atoms with Gasteiger partial charge in [-0.25, -0.2) is 9.31 Å². The van der Waals surface area contributed by atoms with Crippen molar-refractivity contribution in [3.05, 3.63) is 47.8 Å². The molecule has 1 amide bonds. The standard InChI is InChI=1S/C21H18N6O2/c1-2-15-12-23-19(20-4-3-17-7-14(9-22)11-25-27(17)20)8-18(15)26-16-5-13(6-16)10-24-21(28)29/h1,3-4,7-8,11-13,16,24H,5-6,10H2,(H,23,26)(H,28,29)/t13-,16-. The number of aromatic nitrogens is 3. The van der Waals surface area contributed by atoms with Gasteiger partial charge >= 0.3 is 6.09 Å². The summed E-state index contributed by atoms with van der Waals surface area (Å²) in [5.41, 5.74) is 4.30. The van der Waals surface area contributed by atoms with Crippen molar-refractivity contribution in [3.63, 3.8) is 0 Å². The molecule has 3 N–H and O–H groups in total. The molecule has 8 heteroatoms. The van der Waals surface area contributed by atoms with E-state index < -0.39 is 6.09 Å². The van der Waals surface area contributed by atoms with Gasteiger partial charge < -0.3 is 15.7 Å². The Bertz CT molecular complexity index is 1160. The molecular weight excluding hydrogens is 368 g/mol. The Kier molecular flexibility index (Phi) is 4.76. The third kappa shape index (κ3) is 3.69. The molecule has 29 heavy (non-hydrogen) atoms. The number of hydrogen-bond donors (Lipinski definition) is 3. The molecule has 0 radical (unpaired) electrons. The van der Waals surface area contributed by atoms with Gasteiger partial charge in [-0.3, -0.25) is 4.98 Å². The van der Waals surface area contributed by atoms with Crippen molar-refractivity contribution in [1.29, 1.82) is 5.26 Å². The van der Waals surface area contributed by atoms with Crippen LogP contribution in [0.3, 0.4) is 0 Å². The highest BCUT2D eigenvalue weighted by atomic mass is 16.4. The van der Waals surface area contributed by atoms with Gasteiger partial charge in [0.15, 0.2) is 0 Å². The SMILES string of the molecule is C#Cc1cnc(-c2ccc3cc(C#N)cnn23)cc1N[C@H]1C[C@H](CNC(=O)O)C1. The number of hydrogen-bond acceptors (Lipinski definition) is 5. The maximum Gasteiger partial charge on any atom is 0.404 e. The topological polar surface area (TPSA) is 115 Å². The molecule has 0 spiro atoms. The second kappa shape index (κ2) is 7.53. The molecule has 0 aromatic carbocycles. The van der Waals surface area contributed by atoms with Crippen LogP contribution in [0.4, 0.5) is 10.5 Å². The van der Waals surface area contributed by atoms with Crippen LogP contribution in [0.15, 0.2) is 36.7 Å². The summed E-state index contributed by atoms with van der Waals surface area (Å²) in [4.78, 5) is 15.1. The van der Waals surface area contributed by atoms with Gasteiger partial charge in [-0.1, -0.05) is 5.92 Å². The summed E-state index contributed by atoms with van der Waals surface area (Å²) >= 11 is 0. The largest absolute Gasteiger partial charge is 0.465 e. The number of amides is 1. The normalized spacial score (nSPS) is 17.7. The zero-order valence-corrected chi connectivity index (χ0v) is 15.5. The van der Waals surface area contributed by atoms with Gasteiger partial charge in [-0.15, -0.1) is 6.42 Å². The predicted molar refractivity (Wildman–Crippen MR) is 107 cm³/mol. The van der Waals surface area contributed by atoms with E-state index in [1.54, 1.807) is 16.8 Å². The summed E-state index contributed by atoms with van der Waals surface area (Å²) in [5.74, 6) is 2.98. The van der Waals surface area contributed by atoms with Crippen molar-refractivity contribution >= 4 is 17.3 Å². The quantitative estimate of drug-likeness (QED) is 0.581. The minimum absolute atomic E-state index is 0.235. The smallest absolute Gasteiger partial charge is 0.404 e. The van der Waals surface area contributed by atoms with Crippen molar-refractivity contribution in [3.8, 4) is 29.8 Å². The molecule has 3 heterocycles. The number of pyridine rings is 1. The average molecular weight is 386 g/mol. The summed E-state index contributed by atoms with van der Waals surface area (Å²) in [6, 6.07) is 9.78. The van der Waals surface area contributed by atoms with Crippen LogP contribution in [0.25, 0.3) is 16.9 Å². The third-order valence-electron chi connectivity index (χ3n) is 5.09. The van der Waals surface area contributed by atoms with Crippen molar-refractivity contribution in [1.82, 2.24) is 19.9 Å². The molecule has 1 aliphatic rings. The van der Waals surface area contributed by atoms with Gasteiger partial charge in [-0.05, 0) is 43.0 Å². The van der Waals surface area contributed by atoms with E-state index in [4.69, 9.17) is 16.8 Å². The van der Waals surface area contributed by atoms with E-state index in [2.05, 4.69) is 32.7 Å². The Hall–Kier alpha value is -4.04. The van der Waals surface area contributed by atoms with E-state index in [9.17, 15) is 4.79 Å². The summed E-state index contributed by atoms with van der Waals surface area (Å²) in [7, 11) is 0. The number of fused-ring (bicyclic) bond motifs is 1. The molecular formula is C21H18N6O2. The van der Waals surface area contributed by atoms with Gasteiger partial charge in [-0.2, -0.15) is 10.4 Å². The van der Waals surface area contributed by atoms with Gasteiger partial charge in [0.25, 0.3) is 0 Å². The molecule has 144 valence electrons. The van der Waals surface area contributed by atoms with Crippen LogP contribution >= 0.6 is 0 Å². The van der Waals surface area contributed by atoms with Gasteiger partial charge in [0.2, 0.25) is 0 Å². The van der Waals surface area contributed by atoms with Gasteiger partial charge in [0.05, 0.1) is 39.9 Å². The van der Waals surface area contributed by atoms with E-state index in [1.807, 2.05) is 18.2 Å². The Morgan fingerprint density at radius 1 is 1.34 bits per heavy atom. The zero-order chi connectivity index (χ0) is 20.4. The van der Waals surface area contributed by atoms with Crippen LogP contribution in [-0.4, -0.2) is 38.4 Å². The maximum atomic E-state index is 10.6. The molecule has 1 saturated carbocycles. The van der Waals surface area contributed by atoms with E-state index in [-0.39, 0.29) is 6.04 Å². The van der Waals surface area contributed by atoms with Crippen molar-refractivity contribution in [2.75, 3.05) is 11.9 Å². The first-order chi connectivity index (χ1) is 14.1. The van der Waals surface area contributed by atoms with Crippen molar-refractivity contribution in [2.24, 2.45) is 5.92 Å². The summed E-state index contributed by atoms with van der Waals surface area (Å²) in [6.07, 6.45) is 9.55. The van der Waals surface area contributed by atoms with E-state index in [0.717, 1.165) is 29.7 Å². The number of carbonyl (C=O) groups is 1. The number of nitrogens with zero attached hydrogens (tertiary/aromatic N) is 4. The van der Waals surface area contributed by atoms with E-state index in [1.165, 1.54) is 6.20 Å². The average Bonchev–Trinajstić information content (AvgIpc) is 3.12. The molecule has 0 atom stereocenters. The van der Waals surface area contributed by atoms with Crippen LogP contribution in [0.2, 0.25) is 0 Å². The van der Waals surface area contributed by atoms with Crippen molar-refractivity contribution < 1.29 is 9.90 Å². The lowest BCUT2D eigenvalue weighted by Gasteiger charge is -2.36. The summed E-state index contributed by atoms with van der Waals surface area (Å²) < 4.78 is 1.74. The number of carboxylic acid groups (broad SMARTS) is 1. The molecule has 0 unspecified atom stereocenters. The summed E-state index contributed by atoms with van der Waals surface area (Å²) in [6.45, 7) is 0.462. The Balaban J connectivity index is 1.55. The first-order valence-electron chi connectivity index (χ1n) is 9.15. The predicted octanol–water partition coefficient (Wildman–Crippen LogP) is 2.71. The van der Waals surface area contributed by atoms with Crippen molar-refractivity contribution in [2.45, 2.75) is 18.9 Å². The monoisotopic (exact) mass is 386 g/mol. The van der Waals surface area contributed by atoms with Gasteiger partial charge in [0, 0.05) is 18.8 Å². The lowest BCUT2D eigenvalue weighted by molar-refractivity contribution is 0.186. The Morgan fingerprint density at radius 2 is 2.17 bits per heavy atom. The van der Waals surface area contributed by atoms with E-state index >= 15 is 0 Å². The van der Waals surface area contributed by atoms with Crippen LogP contribution in [-0.2, 0) is 0 Å². The molecule has 1 fully saturated rings. The third-order valence-corrected chi connectivity index (χ3v) is 5.09. The molecule has 1 aliphatic carbocycles. The van der Waals surface area contributed by atoms with Gasteiger partial charge in [0.1, 0.15) is 6.07 Å². The molecule has 4 rings (SSSR count). The lowest BCUT2D eigenvalue weighted by atomic mass is 9.80. The molecule has 0 saturated heterocycles. The highest BCUT2D eigenvalue weighted by Gasteiger charge is 2.29. The number of anilines is 1. The first kappa shape index (κ1) is 18.3.